The molecule has 0 fully saturated rings. The number of hydrogen-bond acceptors (Lipinski definition) is 7. The van der Waals surface area contributed by atoms with Crippen molar-refractivity contribution in [3.05, 3.63) is 40.7 Å². The van der Waals surface area contributed by atoms with Gasteiger partial charge in [-0.25, -0.2) is 18.2 Å². The normalized spacial score (nSPS) is 11.6. The summed E-state index contributed by atoms with van der Waals surface area (Å²) in [7, 11) is -3.33. The number of benzene rings is 1. The Hall–Kier alpha value is -2.72. The van der Waals surface area contributed by atoms with Crippen molar-refractivity contribution in [2.45, 2.75) is 25.7 Å². The van der Waals surface area contributed by atoms with E-state index in [-0.39, 0.29) is 17.2 Å². The number of ether oxygens (including phenoxy) is 1. The van der Waals surface area contributed by atoms with E-state index in [1.807, 2.05) is 0 Å². The van der Waals surface area contributed by atoms with Crippen LogP contribution in [0.5, 0.6) is 0 Å². The number of sulfone groups is 1. The summed E-state index contributed by atoms with van der Waals surface area (Å²) in [5.74, 6) is -0.931. The molecule has 2 aromatic heterocycles. The van der Waals surface area contributed by atoms with Gasteiger partial charge >= 0.3 is 5.97 Å². The maximum Gasteiger partial charge on any atom is 0.355 e. The van der Waals surface area contributed by atoms with E-state index in [0.717, 1.165) is 6.26 Å². The summed E-state index contributed by atoms with van der Waals surface area (Å²) < 4.78 is 29.0. The van der Waals surface area contributed by atoms with Crippen LogP contribution in [0.2, 0.25) is 0 Å². The second-order valence-corrected chi connectivity index (χ2v) is 9.27. The van der Waals surface area contributed by atoms with Gasteiger partial charge in [0.1, 0.15) is 5.69 Å². The van der Waals surface area contributed by atoms with Gasteiger partial charge in [0, 0.05) is 11.9 Å². The van der Waals surface area contributed by atoms with Crippen LogP contribution in [0.15, 0.2) is 23.1 Å². The minimum Gasteiger partial charge on any atom is -0.461 e. The van der Waals surface area contributed by atoms with Gasteiger partial charge in [0.15, 0.2) is 15.0 Å². The molecule has 0 aliphatic carbocycles. The number of fused-ring (bicyclic) bond motifs is 1. The number of H-pyrrole nitrogens is 1. The van der Waals surface area contributed by atoms with E-state index >= 15 is 0 Å². The third-order valence-electron chi connectivity index (χ3n) is 4.15. The van der Waals surface area contributed by atoms with E-state index in [9.17, 15) is 18.0 Å². The number of hydrogen-bond donors (Lipinski definition) is 2. The number of carbonyl (C=O) groups excluding carboxylic acids is 2. The number of nitrogens with zero attached hydrogens (tertiary/aromatic N) is 1. The van der Waals surface area contributed by atoms with Gasteiger partial charge in [-0.05, 0) is 44.5 Å². The van der Waals surface area contributed by atoms with Gasteiger partial charge in [0.05, 0.1) is 27.3 Å². The number of anilines is 1. The molecule has 8 nitrogen and oxygen atoms in total. The molecule has 0 aliphatic heterocycles. The Morgan fingerprint density at radius 3 is 2.64 bits per heavy atom. The second-order valence-electron chi connectivity index (χ2n) is 6.22. The zero-order valence-electron chi connectivity index (χ0n) is 15.7. The number of rotatable bonds is 5. The highest BCUT2D eigenvalue weighted by atomic mass is 32.2. The van der Waals surface area contributed by atoms with Crippen molar-refractivity contribution in [2.75, 3.05) is 18.2 Å². The molecule has 0 saturated carbocycles. The molecule has 2 N–H and O–H groups in total. The molecule has 0 aliphatic rings. The molecule has 0 spiro atoms. The fourth-order valence-corrected chi connectivity index (χ4v) is 4.47. The van der Waals surface area contributed by atoms with E-state index in [2.05, 4.69) is 15.3 Å². The quantitative estimate of drug-likeness (QED) is 0.611. The SMILES string of the molecule is CCOC(=O)c1[nH]c(C)c(C(=O)Nc2nc3ccc(S(C)(=O)=O)cc3s2)c1C. The molecular weight excluding hydrogens is 402 g/mol. The predicted molar refractivity (Wildman–Crippen MR) is 107 cm³/mol. The number of aryl methyl sites for hydroxylation is 1. The number of amides is 1. The van der Waals surface area contributed by atoms with E-state index in [0.29, 0.717) is 32.2 Å². The van der Waals surface area contributed by atoms with E-state index in [4.69, 9.17) is 4.74 Å². The van der Waals surface area contributed by atoms with Gasteiger partial charge in [-0.1, -0.05) is 11.3 Å². The van der Waals surface area contributed by atoms with Crippen LogP contribution in [0.1, 0.15) is 39.0 Å². The molecule has 3 rings (SSSR count). The van der Waals surface area contributed by atoms with E-state index in [1.165, 1.54) is 23.5 Å². The monoisotopic (exact) mass is 421 g/mol. The van der Waals surface area contributed by atoms with Crippen LogP contribution in [0.3, 0.4) is 0 Å². The molecule has 148 valence electrons. The lowest BCUT2D eigenvalue weighted by molar-refractivity contribution is 0.0519. The van der Waals surface area contributed by atoms with Crippen LogP contribution >= 0.6 is 11.3 Å². The van der Waals surface area contributed by atoms with Crippen LogP contribution in [-0.4, -0.2) is 43.1 Å². The highest BCUT2D eigenvalue weighted by molar-refractivity contribution is 7.90. The topological polar surface area (TPSA) is 118 Å². The van der Waals surface area contributed by atoms with Gasteiger partial charge in [0.2, 0.25) is 0 Å². The van der Waals surface area contributed by atoms with Crippen LogP contribution in [0.25, 0.3) is 10.2 Å². The molecule has 0 bridgehead atoms. The van der Waals surface area contributed by atoms with Crippen molar-refractivity contribution >= 4 is 48.4 Å². The number of carbonyl (C=O) groups is 2. The van der Waals surface area contributed by atoms with Crippen molar-refractivity contribution in [3.63, 3.8) is 0 Å². The van der Waals surface area contributed by atoms with Crippen LogP contribution in [-0.2, 0) is 14.6 Å². The molecule has 0 atom stereocenters. The van der Waals surface area contributed by atoms with Crippen molar-refractivity contribution in [2.24, 2.45) is 0 Å². The highest BCUT2D eigenvalue weighted by Gasteiger charge is 2.23. The van der Waals surface area contributed by atoms with Crippen LogP contribution < -0.4 is 5.32 Å². The first-order valence-electron chi connectivity index (χ1n) is 8.40. The zero-order chi connectivity index (χ0) is 20.6. The molecule has 2 heterocycles. The van der Waals surface area contributed by atoms with Gasteiger partial charge in [-0.3, -0.25) is 10.1 Å². The lowest BCUT2D eigenvalue weighted by Crippen LogP contribution is -2.14. The van der Waals surface area contributed by atoms with Gasteiger partial charge < -0.3 is 9.72 Å². The van der Waals surface area contributed by atoms with Gasteiger partial charge in [-0.15, -0.1) is 0 Å². The highest BCUT2D eigenvalue weighted by Crippen LogP contribution is 2.29. The third-order valence-corrected chi connectivity index (χ3v) is 6.20. The van der Waals surface area contributed by atoms with Crippen molar-refractivity contribution in [1.82, 2.24) is 9.97 Å². The van der Waals surface area contributed by atoms with E-state index < -0.39 is 21.7 Å². The third kappa shape index (κ3) is 3.78. The molecule has 1 amide bonds. The molecule has 0 radical (unpaired) electrons. The summed E-state index contributed by atoms with van der Waals surface area (Å²) in [6, 6.07) is 4.61. The molecular formula is C18H19N3O5S2. The summed E-state index contributed by atoms with van der Waals surface area (Å²) in [6.45, 7) is 5.31. The summed E-state index contributed by atoms with van der Waals surface area (Å²) in [6.07, 6.45) is 1.14. The minimum atomic E-state index is -3.33. The van der Waals surface area contributed by atoms with Crippen molar-refractivity contribution < 1.29 is 22.7 Å². The first-order chi connectivity index (χ1) is 13.1. The Morgan fingerprint density at radius 2 is 2.00 bits per heavy atom. The summed E-state index contributed by atoms with van der Waals surface area (Å²) in [5, 5.41) is 3.06. The van der Waals surface area contributed by atoms with E-state index in [1.54, 1.807) is 26.8 Å². The van der Waals surface area contributed by atoms with Crippen LogP contribution in [0, 0.1) is 13.8 Å². The molecule has 0 unspecified atom stereocenters. The Balaban J connectivity index is 1.90. The average molecular weight is 422 g/mol. The molecule has 1 aromatic carbocycles. The molecule has 0 saturated heterocycles. The predicted octanol–water partition coefficient (Wildman–Crippen LogP) is 3.07. The lowest BCUT2D eigenvalue weighted by Gasteiger charge is -2.03. The Morgan fingerprint density at radius 1 is 1.29 bits per heavy atom. The zero-order valence-corrected chi connectivity index (χ0v) is 17.4. The van der Waals surface area contributed by atoms with Crippen molar-refractivity contribution in [3.8, 4) is 0 Å². The first-order valence-corrected chi connectivity index (χ1v) is 11.1. The van der Waals surface area contributed by atoms with Crippen molar-refractivity contribution in [1.29, 1.82) is 0 Å². The number of aromatic amines is 1. The molecule has 28 heavy (non-hydrogen) atoms. The smallest absolute Gasteiger partial charge is 0.355 e. The number of esters is 1. The molecule has 10 heteroatoms. The maximum atomic E-state index is 12.7. The summed E-state index contributed by atoms with van der Waals surface area (Å²) >= 11 is 1.17. The number of aromatic nitrogens is 2. The lowest BCUT2D eigenvalue weighted by atomic mass is 10.1. The Bertz CT molecular complexity index is 1190. The maximum absolute atomic E-state index is 12.7. The van der Waals surface area contributed by atoms with Gasteiger partial charge in [0.25, 0.3) is 5.91 Å². The largest absolute Gasteiger partial charge is 0.461 e. The van der Waals surface area contributed by atoms with Crippen LogP contribution in [0.4, 0.5) is 5.13 Å². The summed E-state index contributed by atoms with van der Waals surface area (Å²) in [4.78, 5) is 32.1. The summed E-state index contributed by atoms with van der Waals surface area (Å²) in [5.41, 5.74) is 2.21. The number of nitrogens with one attached hydrogen (secondary N) is 2. The number of thiazole rings is 1. The standard InChI is InChI=1S/C18H19N3O5S2/c1-5-26-17(23)15-9(2)14(10(3)19-15)16(22)21-18-20-12-7-6-11(28(4,24)25)8-13(12)27-18/h6-8,19H,5H2,1-4H3,(H,20,21,22). The first kappa shape index (κ1) is 20.0. The Labute approximate surface area is 165 Å². The van der Waals surface area contributed by atoms with Gasteiger partial charge in [-0.2, -0.15) is 0 Å². The average Bonchev–Trinajstić information content (AvgIpc) is 3.13. The second kappa shape index (κ2) is 7.36. The Kier molecular flexibility index (Phi) is 5.26. The molecule has 3 aromatic rings. The fraction of sp³-hybridized carbons (Fsp3) is 0.278. The fourth-order valence-electron chi connectivity index (χ4n) is 2.85. The minimum absolute atomic E-state index is 0.193.